The van der Waals surface area contributed by atoms with Crippen LogP contribution >= 0.6 is 0 Å². The normalized spacial score (nSPS) is 9.09. The number of aliphatic hydroxyl groups excluding tert-OH is 1. The quantitative estimate of drug-likeness (QED) is 0.341. The van der Waals surface area contributed by atoms with E-state index in [-0.39, 0.29) is 12.8 Å². The van der Waals surface area contributed by atoms with Crippen molar-refractivity contribution in [2.75, 3.05) is 20.2 Å². The maximum absolute atomic E-state index is 8.74. The van der Waals surface area contributed by atoms with E-state index in [1.54, 1.807) is 7.05 Å². The lowest BCUT2D eigenvalue weighted by Gasteiger charge is -1.84. The third-order valence-corrected chi connectivity index (χ3v) is 0.362. The minimum atomic E-state index is -4.67. The molecular weight excluding hydrogens is 176 g/mol. The highest BCUT2D eigenvalue weighted by Gasteiger charge is 1.84. The smallest absolute Gasteiger partial charge is 0.394 e. The Morgan fingerprint density at radius 3 is 1.64 bits per heavy atom. The second-order valence-corrected chi connectivity index (χ2v) is 2.17. The molecule has 8 heteroatoms. The van der Waals surface area contributed by atoms with Crippen LogP contribution in [0, 0.1) is 0 Å². The van der Waals surface area contributed by atoms with Gasteiger partial charge in [0.05, 0.1) is 6.61 Å². The molecule has 0 radical (unpaired) electrons. The molecule has 0 unspecified atom stereocenters. The van der Waals surface area contributed by atoms with Crippen molar-refractivity contribution < 1.29 is 22.6 Å². The molecule has 0 bridgehead atoms. The van der Waals surface area contributed by atoms with Crippen molar-refractivity contribution in [3.8, 4) is 0 Å². The van der Waals surface area contributed by atoms with Crippen LogP contribution in [0.5, 0.6) is 0 Å². The SMILES string of the molecule is CNCCO.N.O=S(=O)(O)O. The highest BCUT2D eigenvalue weighted by molar-refractivity contribution is 7.79. The van der Waals surface area contributed by atoms with E-state index in [0.29, 0.717) is 6.54 Å². The molecule has 0 spiro atoms. The van der Waals surface area contributed by atoms with Crippen molar-refractivity contribution >= 4 is 10.4 Å². The van der Waals surface area contributed by atoms with Gasteiger partial charge in [0.1, 0.15) is 0 Å². The highest BCUT2D eigenvalue weighted by atomic mass is 32.3. The molecule has 7 nitrogen and oxygen atoms in total. The van der Waals surface area contributed by atoms with Gasteiger partial charge in [0.15, 0.2) is 0 Å². The number of hydrogen-bond acceptors (Lipinski definition) is 5. The Hall–Kier alpha value is -0.250. The molecule has 0 rings (SSSR count). The van der Waals surface area contributed by atoms with Crippen LogP contribution in [0.1, 0.15) is 0 Å². The van der Waals surface area contributed by atoms with E-state index >= 15 is 0 Å². The van der Waals surface area contributed by atoms with Crippen LogP contribution in [0.15, 0.2) is 0 Å². The summed E-state index contributed by atoms with van der Waals surface area (Å²) in [5.41, 5.74) is 0. The molecule has 0 aromatic carbocycles. The van der Waals surface area contributed by atoms with E-state index in [2.05, 4.69) is 5.32 Å². The first-order valence-corrected chi connectivity index (χ1v) is 3.77. The maximum Gasteiger partial charge on any atom is 0.394 e. The van der Waals surface area contributed by atoms with E-state index in [1.165, 1.54) is 0 Å². The van der Waals surface area contributed by atoms with Crippen LogP contribution < -0.4 is 11.5 Å². The fourth-order valence-electron chi connectivity index (χ4n) is 0.112. The molecule has 0 aliphatic heterocycles. The molecule has 0 heterocycles. The maximum atomic E-state index is 8.74. The Morgan fingerprint density at radius 2 is 1.64 bits per heavy atom. The molecule has 7 N–H and O–H groups in total. The summed E-state index contributed by atoms with van der Waals surface area (Å²) < 4.78 is 31.6. The van der Waals surface area contributed by atoms with Gasteiger partial charge in [-0.25, -0.2) is 0 Å². The molecule has 0 atom stereocenters. The summed E-state index contributed by atoms with van der Waals surface area (Å²) in [6, 6.07) is 0. The molecule has 0 aromatic rings. The molecule has 0 aromatic heterocycles. The second-order valence-electron chi connectivity index (χ2n) is 1.27. The highest BCUT2D eigenvalue weighted by Crippen LogP contribution is 1.59. The lowest BCUT2D eigenvalue weighted by Crippen LogP contribution is -2.10. The topological polar surface area (TPSA) is 142 Å². The van der Waals surface area contributed by atoms with Gasteiger partial charge in [-0.1, -0.05) is 0 Å². The zero-order valence-electron chi connectivity index (χ0n) is 6.19. The molecule has 72 valence electrons. The summed E-state index contributed by atoms with van der Waals surface area (Å²) in [6.45, 7) is 0.927. The van der Waals surface area contributed by atoms with Crippen molar-refractivity contribution in [1.82, 2.24) is 11.5 Å². The Morgan fingerprint density at radius 1 is 1.36 bits per heavy atom. The zero-order valence-corrected chi connectivity index (χ0v) is 7.00. The van der Waals surface area contributed by atoms with Gasteiger partial charge in [0.25, 0.3) is 0 Å². The summed E-state index contributed by atoms with van der Waals surface area (Å²) in [5.74, 6) is 0. The molecule has 11 heavy (non-hydrogen) atoms. The lowest BCUT2D eigenvalue weighted by molar-refractivity contribution is 0.296. The summed E-state index contributed by atoms with van der Waals surface area (Å²) in [7, 11) is -2.86. The van der Waals surface area contributed by atoms with E-state index in [1.807, 2.05) is 0 Å². The Kier molecular flexibility index (Phi) is 15.1. The average Bonchev–Trinajstić information content (AvgIpc) is 1.63. The number of likely N-dealkylation sites (N-methyl/N-ethyl adjacent to an activating group) is 1. The van der Waals surface area contributed by atoms with Gasteiger partial charge in [-0.05, 0) is 7.05 Å². The van der Waals surface area contributed by atoms with Crippen LogP contribution in [0.25, 0.3) is 0 Å². The van der Waals surface area contributed by atoms with Crippen LogP contribution in [-0.2, 0) is 10.4 Å². The third-order valence-electron chi connectivity index (χ3n) is 0.362. The Labute approximate surface area is 65.6 Å². The second kappa shape index (κ2) is 9.75. The van der Waals surface area contributed by atoms with E-state index in [9.17, 15) is 0 Å². The predicted molar refractivity (Wildman–Crippen MR) is 40.2 cm³/mol. The zero-order chi connectivity index (χ0) is 8.62. The first-order chi connectivity index (χ1) is 4.41. The number of aliphatic hydroxyl groups is 1. The lowest BCUT2D eigenvalue weighted by atomic mass is 10.7. The number of rotatable bonds is 2. The van der Waals surface area contributed by atoms with Crippen molar-refractivity contribution in [1.29, 1.82) is 0 Å². The van der Waals surface area contributed by atoms with Crippen LogP contribution in [-0.4, -0.2) is 42.8 Å². The van der Waals surface area contributed by atoms with E-state index in [4.69, 9.17) is 22.6 Å². The Balaban J connectivity index is -0.000000107. The largest absolute Gasteiger partial charge is 0.395 e. The monoisotopic (exact) mass is 190 g/mol. The van der Waals surface area contributed by atoms with Gasteiger partial charge >= 0.3 is 10.4 Å². The fourth-order valence-corrected chi connectivity index (χ4v) is 0.112. The number of nitrogens with one attached hydrogen (secondary N) is 1. The number of hydrogen-bond donors (Lipinski definition) is 5. The molecule has 0 saturated carbocycles. The first kappa shape index (κ1) is 17.0. The van der Waals surface area contributed by atoms with Gasteiger partial charge in [-0.2, -0.15) is 8.42 Å². The fraction of sp³-hybridized carbons (Fsp3) is 1.00. The van der Waals surface area contributed by atoms with Crippen LogP contribution in [0.2, 0.25) is 0 Å². The predicted octanol–water partition coefficient (Wildman–Crippen LogP) is -1.29. The van der Waals surface area contributed by atoms with Crippen molar-refractivity contribution in [2.24, 2.45) is 0 Å². The van der Waals surface area contributed by atoms with Gasteiger partial charge < -0.3 is 16.6 Å². The molecule has 0 amide bonds. The average molecular weight is 190 g/mol. The third kappa shape index (κ3) is 191. The van der Waals surface area contributed by atoms with E-state index < -0.39 is 10.4 Å². The standard InChI is InChI=1S/C3H9NO.H3N.H2O4S/c1-4-2-3-5;;1-5(2,3)4/h4-5H,2-3H2,1H3;1H3;(H2,1,2,3,4). The Bertz CT molecular complexity index is 134. The van der Waals surface area contributed by atoms with Crippen molar-refractivity contribution in [3.05, 3.63) is 0 Å². The molecule has 0 aliphatic rings. The minimum Gasteiger partial charge on any atom is -0.395 e. The molecular formula is C3H14N2O5S. The van der Waals surface area contributed by atoms with Crippen molar-refractivity contribution in [3.63, 3.8) is 0 Å². The summed E-state index contributed by atoms with van der Waals surface area (Å²) in [6.07, 6.45) is 0. The van der Waals surface area contributed by atoms with Crippen LogP contribution in [0.4, 0.5) is 0 Å². The minimum absolute atomic E-state index is 0. The first-order valence-electron chi connectivity index (χ1n) is 2.37. The summed E-state index contributed by atoms with van der Waals surface area (Å²) in [4.78, 5) is 0. The molecule has 0 aliphatic carbocycles. The van der Waals surface area contributed by atoms with Gasteiger partial charge in [0.2, 0.25) is 0 Å². The van der Waals surface area contributed by atoms with Gasteiger partial charge in [-0.3, -0.25) is 9.11 Å². The van der Waals surface area contributed by atoms with E-state index in [0.717, 1.165) is 0 Å². The van der Waals surface area contributed by atoms with Crippen LogP contribution in [0.3, 0.4) is 0 Å². The molecule has 0 fully saturated rings. The summed E-state index contributed by atoms with van der Waals surface area (Å²) >= 11 is 0. The molecule has 0 saturated heterocycles. The summed E-state index contributed by atoms with van der Waals surface area (Å²) in [5, 5.41) is 10.8. The van der Waals surface area contributed by atoms with Gasteiger partial charge in [0, 0.05) is 6.54 Å². The van der Waals surface area contributed by atoms with Crippen molar-refractivity contribution in [2.45, 2.75) is 0 Å². The van der Waals surface area contributed by atoms with Gasteiger partial charge in [-0.15, -0.1) is 0 Å².